The third kappa shape index (κ3) is 4.19. The van der Waals surface area contributed by atoms with Crippen LogP contribution in [0.4, 0.5) is 5.69 Å². The average molecular weight is 291 g/mol. The summed E-state index contributed by atoms with van der Waals surface area (Å²) in [5.74, 6) is -0.426. The molecule has 0 unspecified atom stereocenters. The summed E-state index contributed by atoms with van der Waals surface area (Å²) in [6, 6.07) is 4.52. The van der Waals surface area contributed by atoms with Gasteiger partial charge in [-0.1, -0.05) is 18.5 Å². The summed E-state index contributed by atoms with van der Waals surface area (Å²) in [5, 5.41) is 2.95. The van der Waals surface area contributed by atoms with Crippen LogP contribution in [0.5, 0.6) is 0 Å². The highest BCUT2D eigenvalue weighted by atomic mass is 35.5. The van der Waals surface area contributed by atoms with E-state index in [-0.39, 0.29) is 29.3 Å². The van der Waals surface area contributed by atoms with E-state index in [0.29, 0.717) is 5.02 Å². The number of benzene rings is 1. The molecule has 0 bridgehead atoms. The lowest BCUT2D eigenvalue weighted by molar-refractivity contribution is 0.0957. The number of nitrogen functional groups attached to an aromatic ring is 1. The van der Waals surface area contributed by atoms with Crippen molar-refractivity contribution < 1.29 is 13.2 Å². The van der Waals surface area contributed by atoms with E-state index >= 15 is 0 Å². The van der Waals surface area contributed by atoms with Crippen LogP contribution in [0.3, 0.4) is 0 Å². The molecule has 3 N–H and O–H groups in total. The molecule has 0 spiro atoms. The molecule has 1 aromatic carbocycles. The summed E-state index contributed by atoms with van der Waals surface area (Å²) in [5.41, 5.74) is 6.19. The van der Waals surface area contributed by atoms with E-state index in [1.54, 1.807) is 13.0 Å². The molecule has 18 heavy (non-hydrogen) atoms. The van der Waals surface area contributed by atoms with Crippen molar-refractivity contribution >= 4 is 33.0 Å². The van der Waals surface area contributed by atoms with Gasteiger partial charge in [-0.15, -0.1) is 0 Å². The number of sulfone groups is 1. The molecule has 0 aliphatic carbocycles. The van der Waals surface area contributed by atoms with Gasteiger partial charge in [-0.2, -0.15) is 0 Å². The van der Waals surface area contributed by atoms with Gasteiger partial charge in [0.15, 0.2) is 9.84 Å². The van der Waals surface area contributed by atoms with Crippen molar-refractivity contribution in [3.05, 3.63) is 28.8 Å². The minimum Gasteiger partial charge on any atom is -0.398 e. The Hall–Kier alpha value is -1.27. The number of hydrogen-bond donors (Lipinski definition) is 2. The fraction of sp³-hybridized carbons (Fsp3) is 0.364. The van der Waals surface area contributed by atoms with E-state index in [2.05, 4.69) is 5.32 Å². The van der Waals surface area contributed by atoms with Gasteiger partial charge in [-0.25, -0.2) is 8.42 Å². The van der Waals surface area contributed by atoms with Gasteiger partial charge in [0.25, 0.3) is 5.91 Å². The first-order valence-electron chi connectivity index (χ1n) is 5.39. The molecule has 1 aromatic rings. The monoisotopic (exact) mass is 290 g/mol. The normalized spacial score (nSPS) is 11.2. The molecule has 0 atom stereocenters. The van der Waals surface area contributed by atoms with Crippen LogP contribution < -0.4 is 11.1 Å². The Kier molecular flexibility index (Phi) is 4.98. The number of anilines is 1. The van der Waals surface area contributed by atoms with Crippen molar-refractivity contribution in [3.63, 3.8) is 0 Å². The Balaban J connectivity index is 2.61. The van der Waals surface area contributed by atoms with E-state index in [4.69, 9.17) is 17.3 Å². The number of rotatable bonds is 5. The molecule has 7 heteroatoms. The van der Waals surface area contributed by atoms with Crippen LogP contribution >= 0.6 is 11.6 Å². The summed E-state index contributed by atoms with van der Waals surface area (Å²) < 4.78 is 22.5. The molecule has 0 aromatic heterocycles. The highest BCUT2D eigenvalue weighted by Crippen LogP contribution is 2.17. The highest BCUT2D eigenvalue weighted by molar-refractivity contribution is 7.91. The van der Waals surface area contributed by atoms with Crippen molar-refractivity contribution in [2.75, 3.05) is 23.8 Å². The zero-order chi connectivity index (χ0) is 13.8. The molecule has 0 saturated carbocycles. The molecule has 5 nitrogen and oxygen atoms in total. The predicted octanol–water partition coefficient (Wildman–Crippen LogP) is 1.09. The van der Waals surface area contributed by atoms with E-state index in [1.807, 2.05) is 0 Å². The number of hydrogen-bond acceptors (Lipinski definition) is 4. The molecule has 1 amide bonds. The number of halogens is 1. The van der Waals surface area contributed by atoms with Crippen LogP contribution in [0.2, 0.25) is 5.02 Å². The van der Waals surface area contributed by atoms with Crippen LogP contribution in [-0.4, -0.2) is 32.4 Å². The van der Waals surface area contributed by atoms with E-state index in [0.717, 1.165) is 0 Å². The minimum atomic E-state index is -3.08. The molecular weight excluding hydrogens is 276 g/mol. The summed E-state index contributed by atoms with van der Waals surface area (Å²) in [6.45, 7) is 1.63. The third-order valence-electron chi connectivity index (χ3n) is 2.40. The van der Waals surface area contributed by atoms with Crippen LogP contribution in [0.1, 0.15) is 17.3 Å². The van der Waals surface area contributed by atoms with Gasteiger partial charge in [0, 0.05) is 23.0 Å². The first-order valence-corrected chi connectivity index (χ1v) is 7.59. The zero-order valence-corrected chi connectivity index (χ0v) is 11.5. The maximum Gasteiger partial charge on any atom is 0.253 e. The largest absolute Gasteiger partial charge is 0.398 e. The lowest BCUT2D eigenvalue weighted by atomic mass is 10.1. The summed E-state index contributed by atoms with van der Waals surface area (Å²) in [7, 11) is -3.08. The van der Waals surface area contributed by atoms with Gasteiger partial charge >= 0.3 is 0 Å². The molecule has 0 heterocycles. The zero-order valence-electron chi connectivity index (χ0n) is 9.94. The number of carbonyl (C=O) groups excluding carboxylic acids is 1. The van der Waals surface area contributed by atoms with Crippen molar-refractivity contribution in [2.45, 2.75) is 6.92 Å². The summed E-state index contributed by atoms with van der Waals surface area (Å²) in [6.07, 6.45) is 0. The average Bonchev–Trinajstić information content (AvgIpc) is 2.28. The smallest absolute Gasteiger partial charge is 0.253 e. The molecule has 1 rings (SSSR count). The second-order valence-electron chi connectivity index (χ2n) is 3.72. The van der Waals surface area contributed by atoms with E-state index in [1.165, 1.54) is 12.1 Å². The Morgan fingerprint density at radius 1 is 1.44 bits per heavy atom. The van der Waals surface area contributed by atoms with Crippen LogP contribution in [0, 0.1) is 0 Å². The highest BCUT2D eigenvalue weighted by Gasteiger charge is 2.12. The molecule has 0 radical (unpaired) electrons. The molecular formula is C11H15ClN2O3S. The summed E-state index contributed by atoms with van der Waals surface area (Å²) >= 11 is 5.71. The fourth-order valence-electron chi connectivity index (χ4n) is 1.30. The van der Waals surface area contributed by atoms with E-state index < -0.39 is 15.7 Å². The van der Waals surface area contributed by atoms with Gasteiger partial charge < -0.3 is 11.1 Å². The first-order chi connectivity index (χ1) is 8.35. The van der Waals surface area contributed by atoms with Crippen LogP contribution in [0.15, 0.2) is 18.2 Å². The lowest BCUT2D eigenvalue weighted by Gasteiger charge is -2.07. The standard InChI is InChI=1S/C11H15ClN2O3S/c1-2-18(16,17)6-5-14-11(15)9-4-3-8(12)7-10(9)13/h3-4,7H,2,5-6,13H2,1H3,(H,14,15). The number of amides is 1. The Morgan fingerprint density at radius 2 is 2.11 bits per heavy atom. The number of carbonyl (C=O) groups is 1. The minimum absolute atomic E-state index is 0.0615. The molecule has 0 saturated heterocycles. The topological polar surface area (TPSA) is 89.3 Å². The SMILES string of the molecule is CCS(=O)(=O)CCNC(=O)c1ccc(Cl)cc1N. The van der Waals surface area contributed by atoms with Crippen molar-refractivity contribution in [3.8, 4) is 0 Å². The molecule has 0 fully saturated rings. The second kappa shape index (κ2) is 6.06. The Bertz CT molecular complexity index is 543. The molecule has 0 aliphatic rings. The van der Waals surface area contributed by atoms with Crippen molar-refractivity contribution in [1.29, 1.82) is 0 Å². The fourth-order valence-corrected chi connectivity index (χ4v) is 2.18. The maximum atomic E-state index is 11.7. The Labute approximate surface area is 111 Å². The number of nitrogens with two attached hydrogens (primary N) is 1. The lowest BCUT2D eigenvalue weighted by Crippen LogP contribution is -2.30. The molecule has 100 valence electrons. The van der Waals surface area contributed by atoms with Crippen molar-refractivity contribution in [1.82, 2.24) is 5.32 Å². The maximum absolute atomic E-state index is 11.7. The quantitative estimate of drug-likeness (QED) is 0.794. The van der Waals surface area contributed by atoms with Crippen LogP contribution in [0.25, 0.3) is 0 Å². The van der Waals surface area contributed by atoms with Gasteiger partial charge in [0.2, 0.25) is 0 Å². The van der Waals surface area contributed by atoms with Crippen molar-refractivity contribution in [2.24, 2.45) is 0 Å². The first kappa shape index (κ1) is 14.8. The summed E-state index contributed by atoms with van der Waals surface area (Å²) in [4.78, 5) is 11.7. The van der Waals surface area contributed by atoms with Gasteiger partial charge in [0.05, 0.1) is 11.3 Å². The van der Waals surface area contributed by atoms with Crippen LogP contribution in [-0.2, 0) is 9.84 Å². The van der Waals surface area contributed by atoms with Gasteiger partial charge in [0.1, 0.15) is 0 Å². The van der Waals surface area contributed by atoms with Gasteiger partial charge in [-0.3, -0.25) is 4.79 Å². The van der Waals surface area contributed by atoms with E-state index in [9.17, 15) is 13.2 Å². The molecule has 0 aliphatic heterocycles. The van der Waals surface area contributed by atoms with Gasteiger partial charge in [-0.05, 0) is 18.2 Å². The number of nitrogens with one attached hydrogen (secondary N) is 1. The predicted molar refractivity (Wildman–Crippen MR) is 72.5 cm³/mol. The third-order valence-corrected chi connectivity index (χ3v) is 4.34. The second-order valence-corrected chi connectivity index (χ2v) is 6.63. The Morgan fingerprint density at radius 3 is 2.67 bits per heavy atom.